The zero-order chi connectivity index (χ0) is 14.0. The summed E-state index contributed by atoms with van der Waals surface area (Å²) < 4.78 is 5.61. The van der Waals surface area contributed by atoms with Crippen molar-refractivity contribution < 1.29 is 4.74 Å². The van der Waals surface area contributed by atoms with Crippen molar-refractivity contribution in [3.05, 3.63) is 48.0 Å². The molecule has 0 aliphatic carbocycles. The van der Waals surface area contributed by atoms with Gasteiger partial charge in [-0.1, -0.05) is 55.8 Å². The van der Waals surface area contributed by atoms with E-state index in [-0.39, 0.29) is 5.41 Å². The fourth-order valence-corrected chi connectivity index (χ4v) is 3.44. The number of hydrogen-bond acceptors (Lipinski definition) is 2. The monoisotopic (exact) mass is 269 g/mol. The van der Waals surface area contributed by atoms with Gasteiger partial charge in [0.2, 0.25) is 0 Å². The van der Waals surface area contributed by atoms with Gasteiger partial charge in [-0.3, -0.25) is 0 Å². The van der Waals surface area contributed by atoms with Gasteiger partial charge in [0.1, 0.15) is 0 Å². The van der Waals surface area contributed by atoms with Crippen molar-refractivity contribution in [3.63, 3.8) is 0 Å². The van der Waals surface area contributed by atoms with Gasteiger partial charge in [-0.2, -0.15) is 0 Å². The van der Waals surface area contributed by atoms with E-state index in [0.29, 0.717) is 5.92 Å². The molecule has 2 nitrogen and oxygen atoms in total. The maximum Gasteiger partial charge on any atom is 0.0588 e. The van der Waals surface area contributed by atoms with Gasteiger partial charge < -0.3 is 10.1 Å². The Balaban J connectivity index is 2.02. The highest BCUT2D eigenvalue weighted by molar-refractivity contribution is 5.83. The minimum Gasteiger partial charge on any atom is -0.379 e. The number of fused-ring (bicyclic) bond motifs is 1. The third kappa shape index (κ3) is 2.13. The molecule has 2 aromatic rings. The second-order valence-electron chi connectivity index (χ2n) is 5.87. The smallest absolute Gasteiger partial charge is 0.0588 e. The highest BCUT2D eigenvalue weighted by atomic mass is 16.5. The van der Waals surface area contributed by atoms with Crippen molar-refractivity contribution in [1.29, 1.82) is 0 Å². The lowest BCUT2D eigenvalue weighted by atomic mass is 9.67. The molecule has 1 aliphatic rings. The van der Waals surface area contributed by atoms with Gasteiger partial charge in [0, 0.05) is 5.41 Å². The summed E-state index contributed by atoms with van der Waals surface area (Å²) in [6.45, 7) is 5.03. The Labute approximate surface area is 121 Å². The van der Waals surface area contributed by atoms with Crippen LogP contribution < -0.4 is 5.32 Å². The molecule has 2 aromatic carbocycles. The highest BCUT2D eigenvalue weighted by Crippen LogP contribution is 2.41. The summed E-state index contributed by atoms with van der Waals surface area (Å²) in [6, 6.07) is 15.5. The Morgan fingerprint density at radius 3 is 2.50 bits per heavy atom. The van der Waals surface area contributed by atoms with Gasteiger partial charge >= 0.3 is 0 Å². The van der Waals surface area contributed by atoms with Gasteiger partial charge in [-0.25, -0.2) is 0 Å². The second kappa shape index (κ2) is 5.55. The van der Waals surface area contributed by atoms with Crippen molar-refractivity contribution in [2.45, 2.75) is 18.8 Å². The normalized spacial score (nSPS) is 18.7. The van der Waals surface area contributed by atoms with Crippen LogP contribution in [-0.4, -0.2) is 26.8 Å². The van der Waals surface area contributed by atoms with Crippen LogP contribution in [0.4, 0.5) is 0 Å². The second-order valence-corrected chi connectivity index (χ2v) is 5.87. The first-order valence-corrected chi connectivity index (χ1v) is 7.52. The molecule has 0 saturated carbocycles. The van der Waals surface area contributed by atoms with Crippen LogP contribution in [0.3, 0.4) is 0 Å². The Hall–Kier alpha value is -1.38. The van der Waals surface area contributed by atoms with Crippen molar-refractivity contribution in [2.75, 3.05) is 26.8 Å². The minimum atomic E-state index is 0.196. The molecule has 106 valence electrons. The molecule has 1 heterocycles. The number of rotatable bonds is 5. The first-order valence-electron chi connectivity index (χ1n) is 7.52. The fourth-order valence-electron chi connectivity index (χ4n) is 3.44. The molecular weight excluding hydrogens is 246 g/mol. The standard InChI is InChI=1S/C18H23NO/c1-3-16(11-19-2)18(12-20-13-18)17-9-8-14-6-4-5-7-15(14)10-17/h4-10,16,19H,3,11-13H2,1-2H3. The Bertz CT molecular complexity index is 589. The largest absolute Gasteiger partial charge is 0.379 e. The Kier molecular flexibility index (Phi) is 3.77. The van der Waals surface area contributed by atoms with E-state index < -0.39 is 0 Å². The van der Waals surface area contributed by atoms with E-state index in [2.05, 4.69) is 54.7 Å². The van der Waals surface area contributed by atoms with Crippen LogP contribution in [-0.2, 0) is 10.2 Å². The maximum atomic E-state index is 5.61. The van der Waals surface area contributed by atoms with E-state index >= 15 is 0 Å². The third-order valence-corrected chi connectivity index (χ3v) is 4.77. The van der Waals surface area contributed by atoms with E-state index in [1.165, 1.54) is 22.8 Å². The number of hydrogen-bond donors (Lipinski definition) is 1. The van der Waals surface area contributed by atoms with Crippen molar-refractivity contribution in [1.82, 2.24) is 5.32 Å². The molecule has 0 spiro atoms. The summed E-state index contributed by atoms with van der Waals surface area (Å²) in [4.78, 5) is 0. The summed E-state index contributed by atoms with van der Waals surface area (Å²) in [5.41, 5.74) is 1.63. The predicted molar refractivity (Wildman–Crippen MR) is 84.2 cm³/mol. The van der Waals surface area contributed by atoms with Gasteiger partial charge in [0.05, 0.1) is 13.2 Å². The van der Waals surface area contributed by atoms with E-state index in [0.717, 1.165) is 19.8 Å². The topological polar surface area (TPSA) is 21.3 Å². The predicted octanol–water partition coefficient (Wildman–Crippen LogP) is 3.35. The number of ether oxygens (including phenoxy) is 1. The summed E-state index contributed by atoms with van der Waals surface area (Å²) in [7, 11) is 2.04. The van der Waals surface area contributed by atoms with Crippen molar-refractivity contribution in [3.8, 4) is 0 Å². The molecule has 1 N–H and O–H groups in total. The lowest BCUT2D eigenvalue weighted by Gasteiger charge is -2.47. The van der Waals surface area contributed by atoms with Crippen LogP contribution in [0.25, 0.3) is 10.8 Å². The van der Waals surface area contributed by atoms with Gasteiger partial charge in [-0.15, -0.1) is 0 Å². The van der Waals surface area contributed by atoms with E-state index in [4.69, 9.17) is 4.74 Å². The third-order valence-electron chi connectivity index (χ3n) is 4.77. The molecule has 0 bridgehead atoms. The van der Waals surface area contributed by atoms with Crippen LogP contribution in [0.2, 0.25) is 0 Å². The quantitative estimate of drug-likeness (QED) is 0.898. The molecule has 1 saturated heterocycles. The van der Waals surface area contributed by atoms with Gasteiger partial charge in [-0.05, 0) is 35.8 Å². The van der Waals surface area contributed by atoms with Crippen molar-refractivity contribution in [2.24, 2.45) is 5.92 Å². The summed E-state index contributed by atoms with van der Waals surface area (Å²) in [6.07, 6.45) is 1.18. The molecular formula is C18H23NO. The number of benzene rings is 2. The van der Waals surface area contributed by atoms with E-state index in [1.807, 2.05) is 7.05 Å². The lowest BCUT2D eigenvalue weighted by molar-refractivity contribution is -0.0909. The lowest BCUT2D eigenvalue weighted by Crippen LogP contribution is -2.54. The molecule has 1 fully saturated rings. The average Bonchev–Trinajstić information content (AvgIpc) is 2.45. The minimum absolute atomic E-state index is 0.196. The fraction of sp³-hybridized carbons (Fsp3) is 0.444. The van der Waals surface area contributed by atoms with E-state index in [9.17, 15) is 0 Å². The molecule has 1 aliphatic heterocycles. The molecule has 0 amide bonds. The van der Waals surface area contributed by atoms with Crippen LogP contribution in [0.5, 0.6) is 0 Å². The first-order chi connectivity index (χ1) is 9.80. The number of nitrogens with one attached hydrogen (secondary N) is 1. The first kappa shape index (κ1) is 13.6. The molecule has 3 rings (SSSR count). The van der Waals surface area contributed by atoms with Gasteiger partial charge in [0.25, 0.3) is 0 Å². The molecule has 1 unspecified atom stereocenters. The Morgan fingerprint density at radius 2 is 1.90 bits per heavy atom. The zero-order valence-electron chi connectivity index (χ0n) is 12.4. The summed E-state index contributed by atoms with van der Waals surface area (Å²) >= 11 is 0. The van der Waals surface area contributed by atoms with Crippen LogP contribution in [0, 0.1) is 5.92 Å². The van der Waals surface area contributed by atoms with Crippen LogP contribution in [0.15, 0.2) is 42.5 Å². The zero-order valence-corrected chi connectivity index (χ0v) is 12.4. The summed E-state index contributed by atoms with van der Waals surface area (Å²) in [5, 5.41) is 5.99. The molecule has 0 aromatic heterocycles. The Morgan fingerprint density at radius 1 is 1.15 bits per heavy atom. The van der Waals surface area contributed by atoms with Crippen molar-refractivity contribution >= 4 is 10.8 Å². The van der Waals surface area contributed by atoms with Crippen LogP contribution in [0.1, 0.15) is 18.9 Å². The van der Waals surface area contributed by atoms with Crippen LogP contribution >= 0.6 is 0 Å². The molecule has 2 heteroatoms. The SMILES string of the molecule is CCC(CNC)C1(c2ccc3ccccc3c2)COC1. The molecule has 1 atom stereocenters. The maximum absolute atomic E-state index is 5.61. The summed E-state index contributed by atoms with van der Waals surface area (Å²) in [5.74, 6) is 0.627. The highest BCUT2D eigenvalue weighted by Gasteiger charge is 2.45. The van der Waals surface area contributed by atoms with Gasteiger partial charge in [0.15, 0.2) is 0 Å². The van der Waals surface area contributed by atoms with E-state index in [1.54, 1.807) is 0 Å². The molecule has 20 heavy (non-hydrogen) atoms. The average molecular weight is 269 g/mol. The molecule has 0 radical (unpaired) electrons.